The zero-order valence-electron chi connectivity index (χ0n) is 19.6. The van der Waals surface area contributed by atoms with E-state index in [1.807, 2.05) is 0 Å². The van der Waals surface area contributed by atoms with Crippen molar-refractivity contribution in [3.8, 4) is 23.1 Å². The number of ether oxygens (including phenoxy) is 4. The number of benzene rings is 2. The summed E-state index contributed by atoms with van der Waals surface area (Å²) in [5.74, 6) is 0.761. The van der Waals surface area contributed by atoms with Crippen LogP contribution in [0.15, 0.2) is 42.7 Å². The normalized spacial score (nSPS) is 12.0. The number of carbonyl (C=O) groups excluding carboxylic acids is 1. The third-order valence-corrected chi connectivity index (χ3v) is 4.67. The van der Waals surface area contributed by atoms with Crippen LogP contribution in [0.25, 0.3) is 10.9 Å². The number of carboxylic acids is 1. The third kappa shape index (κ3) is 6.25. The van der Waals surface area contributed by atoms with Crippen molar-refractivity contribution in [1.82, 2.24) is 15.3 Å². The molecule has 0 aliphatic carbocycles. The van der Waals surface area contributed by atoms with Gasteiger partial charge in [-0.25, -0.2) is 14.8 Å². The number of aliphatic carboxylic acids is 1. The molecule has 1 heterocycles. The van der Waals surface area contributed by atoms with E-state index in [4.69, 9.17) is 18.9 Å². The van der Waals surface area contributed by atoms with Crippen LogP contribution in [0.3, 0.4) is 0 Å². The highest BCUT2D eigenvalue weighted by molar-refractivity contribution is 5.87. The molecule has 0 spiro atoms. The fourth-order valence-electron chi connectivity index (χ4n) is 3.20. The highest BCUT2D eigenvalue weighted by atomic mass is 16.6. The molecule has 0 saturated heterocycles. The van der Waals surface area contributed by atoms with Crippen LogP contribution < -0.4 is 19.5 Å². The predicted molar refractivity (Wildman–Crippen MR) is 124 cm³/mol. The lowest BCUT2D eigenvalue weighted by Crippen LogP contribution is -2.35. The lowest BCUT2D eigenvalue weighted by molar-refractivity contribution is -0.137. The summed E-state index contributed by atoms with van der Waals surface area (Å²) < 4.78 is 21.9. The minimum atomic E-state index is -1.06. The maximum atomic E-state index is 12.2. The fourth-order valence-corrected chi connectivity index (χ4v) is 3.20. The highest BCUT2D eigenvalue weighted by Gasteiger charge is 2.22. The molecule has 180 valence electrons. The third-order valence-electron chi connectivity index (χ3n) is 4.67. The first-order valence-corrected chi connectivity index (χ1v) is 10.5. The SMILES string of the molecule is COc1cc2ncnc(Oc3ccc([C@@H](CC(=O)O)NC(=O)OC(C)(C)C)cc3)c2cc1OC. The molecule has 3 rings (SSSR count). The minimum absolute atomic E-state index is 0.308. The Morgan fingerprint density at radius 2 is 1.68 bits per heavy atom. The van der Waals surface area contributed by atoms with Crippen molar-refractivity contribution in [2.45, 2.75) is 38.8 Å². The Morgan fingerprint density at radius 3 is 2.26 bits per heavy atom. The molecule has 0 saturated carbocycles. The number of rotatable bonds is 8. The smallest absolute Gasteiger partial charge is 0.408 e. The summed E-state index contributed by atoms with van der Waals surface area (Å²) in [6.07, 6.45) is 0.374. The van der Waals surface area contributed by atoms with Gasteiger partial charge in [0.05, 0.1) is 37.6 Å². The fraction of sp³-hybridized carbons (Fsp3) is 0.333. The zero-order chi connectivity index (χ0) is 24.9. The molecule has 0 fully saturated rings. The molecular formula is C24H27N3O7. The van der Waals surface area contributed by atoms with Crippen LogP contribution in [-0.4, -0.2) is 47.0 Å². The Bertz CT molecular complexity index is 1170. The molecule has 2 aromatic carbocycles. The average molecular weight is 469 g/mol. The molecule has 0 radical (unpaired) electrons. The Hall–Kier alpha value is -4.08. The molecule has 1 aromatic heterocycles. The van der Waals surface area contributed by atoms with E-state index >= 15 is 0 Å². The topological polar surface area (TPSA) is 129 Å². The number of nitrogens with one attached hydrogen (secondary N) is 1. The molecule has 3 aromatic rings. The molecule has 0 unspecified atom stereocenters. The van der Waals surface area contributed by atoms with E-state index in [1.54, 1.807) is 64.3 Å². The predicted octanol–water partition coefficient (Wildman–Crippen LogP) is 4.48. The molecular weight excluding hydrogens is 442 g/mol. The van der Waals surface area contributed by atoms with Gasteiger partial charge in [0.15, 0.2) is 11.5 Å². The first-order chi connectivity index (χ1) is 16.1. The van der Waals surface area contributed by atoms with Gasteiger partial charge in [-0.15, -0.1) is 0 Å². The monoisotopic (exact) mass is 469 g/mol. The van der Waals surface area contributed by atoms with Crippen LogP contribution in [0.2, 0.25) is 0 Å². The molecule has 0 aliphatic heterocycles. The Kier molecular flexibility index (Phi) is 7.40. The van der Waals surface area contributed by atoms with Crippen molar-refractivity contribution in [2.24, 2.45) is 0 Å². The van der Waals surface area contributed by atoms with Gasteiger partial charge in [0, 0.05) is 6.07 Å². The summed E-state index contributed by atoms with van der Waals surface area (Å²) in [5, 5.41) is 12.5. The summed E-state index contributed by atoms with van der Waals surface area (Å²) in [7, 11) is 3.07. The summed E-state index contributed by atoms with van der Waals surface area (Å²) in [6, 6.07) is 9.35. The summed E-state index contributed by atoms with van der Waals surface area (Å²) in [5.41, 5.74) is 0.490. The number of fused-ring (bicyclic) bond motifs is 1. The molecule has 1 amide bonds. The average Bonchev–Trinajstić information content (AvgIpc) is 2.77. The molecule has 2 N–H and O–H groups in total. The Balaban J connectivity index is 1.83. The van der Waals surface area contributed by atoms with Crippen molar-refractivity contribution in [2.75, 3.05) is 14.2 Å². The van der Waals surface area contributed by atoms with Crippen LogP contribution in [0.1, 0.15) is 38.8 Å². The van der Waals surface area contributed by atoms with E-state index in [0.717, 1.165) is 0 Å². The molecule has 0 aliphatic rings. The van der Waals surface area contributed by atoms with Crippen molar-refractivity contribution < 1.29 is 33.6 Å². The largest absolute Gasteiger partial charge is 0.493 e. The number of methoxy groups -OCH3 is 2. The van der Waals surface area contributed by atoms with E-state index in [0.29, 0.717) is 39.6 Å². The number of hydrogen-bond donors (Lipinski definition) is 2. The standard InChI is InChI=1S/C24H27N3O7/c1-24(2,3)34-23(30)27-17(12-21(28)29)14-6-8-15(9-7-14)33-22-16-10-19(31-4)20(32-5)11-18(16)25-13-26-22/h6-11,13,17H,12H2,1-5H3,(H,27,30)(H,28,29)/t17-/m1/s1. The number of amides is 1. The van der Waals surface area contributed by atoms with Crippen molar-refractivity contribution >= 4 is 23.0 Å². The van der Waals surface area contributed by atoms with Crippen LogP contribution in [-0.2, 0) is 9.53 Å². The van der Waals surface area contributed by atoms with Crippen LogP contribution in [0.5, 0.6) is 23.1 Å². The van der Waals surface area contributed by atoms with Crippen molar-refractivity contribution in [1.29, 1.82) is 0 Å². The van der Waals surface area contributed by atoms with Crippen molar-refractivity contribution in [3.63, 3.8) is 0 Å². The van der Waals surface area contributed by atoms with Gasteiger partial charge in [-0.1, -0.05) is 12.1 Å². The molecule has 0 bridgehead atoms. The van der Waals surface area contributed by atoms with Gasteiger partial charge < -0.3 is 29.4 Å². The molecule has 1 atom stereocenters. The first kappa shape index (κ1) is 24.6. The molecule has 10 heteroatoms. The van der Waals surface area contributed by atoms with Gasteiger partial charge in [-0.2, -0.15) is 0 Å². The second-order valence-corrected chi connectivity index (χ2v) is 8.37. The van der Waals surface area contributed by atoms with E-state index in [1.165, 1.54) is 13.4 Å². The molecule has 34 heavy (non-hydrogen) atoms. The summed E-state index contributed by atoms with van der Waals surface area (Å²) in [6.45, 7) is 5.19. The second-order valence-electron chi connectivity index (χ2n) is 8.37. The molecule has 10 nitrogen and oxygen atoms in total. The first-order valence-electron chi connectivity index (χ1n) is 10.5. The Labute approximate surface area is 196 Å². The van der Waals surface area contributed by atoms with Crippen LogP contribution in [0.4, 0.5) is 4.79 Å². The number of alkyl carbamates (subject to hydrolysis) is 1. The summed E-state index contributed by atoms with van der Waals surface area (Å²) in [4.78, 5) is 32.0. The van der Waals surface area contributed by atoms with Gasteiger partial charge in [0.1, 0.15) is 17.7 Å². The number of carboxylic acid groups (broad SMARTS) is 1. The van der Waals surface area contributed by atoms with Gasteiger partial charge in [0.2, 0.25) is 5.88 Å². The summed E-state index contributed by atoms with van der Waals surface area (Å²) >= 11 is 0. The van der Waals surface area contributed by atoms with Crippen molar-refractivity contribution in [3.05, 3.63) is 48.3 Å². The Morgan fingerprint density at radius 1 is 1.03 bits per heavy atom. The second kappa shape index (κ2) is 10.2. The maximum absolute atomic E-state index is 12.2. The van der Waals surface area contributed by atoms with E-state index in [2.05, 4.69) is 15.3 Å². The zero-order valence-corrected chi connectivity index (χ0v) is 19.6. The number of carbonyl (C=O) groups is 2. The number of nitrogens with zero attached hydrogens (tertiary/aromatic N) is 2. The van der Waals surface area contributed by atoms with E-state index in [-0.39, 0.29) is 6.42 Å². The maximum Gasteiger partial charge on any atom is 0.408 e. The number of aromatic nitrogens is 2. The quantitative estimate of drug-likeness (QED) is 0.490. The minimum Gasteiger partial charge on any atom is -0.493 e. The van der Waals surface area contributed by atoms with Gasteiger partial charge in [-0.05, 0) is 44.5 Å². The van der Waals surface area contributed by atoms with Crippen LogP contribution in [0, 0.1) is 0 Å². The van der Waals surface area contributed by atoms with Gasteiger partial charge in [0.25, 0.3) is 0 Å². The van der Waals surface area contributed by atoms with E-state index in [9.17, 15) is 14.7 Å². The van der Waals surface area contributed by atoms with Gasteiger partial charge >= 0.3 is 12.1 Å². The van der Waals surface area contributed by atoms with Gasteiger partial charge in [-0.3, -0.25) is 4.79 Å². The lowest BCUT2D eigenvalue weighted by Gasteiger charge is -2.23. The lowest BCUT2D eigenvalue weighted by atomic mass is 10.0. The number of hydrogen-bond acceptors (Lipinski definition) is 8. The highest BCUT2D eigenvalue weighted by Crippen LogP contribution is 2.36. The van der Waals surface area contributed by atoms with Crippen LogP contribution >= 0.6 is 0 Å². The van der Waals surface area contributed by atoms with E-state index < -0.39 is 23.7 Å².